The number of hydrogen-bond donors (Lipinski definition) is 5. The fraction of sp³-hybridized carbons (Fsp3) is 0.957. The van der Waals surface area contributed by atoms with Gasteiger partial charge >= 0.3 is 0 Å². The zero-order valence-corrected chi connectivity index (χ0v) is 51.1. The lowest BCUT2D eigenvalue weighted by Crippen LogP contribution is -2.53. The molecule has 0 aromatic carbocycles. The second-order valence-electron chi connectivity index (χ2n) is 24.2. The highest BCUT2D eigenvalue weighted by molar-refractivity contribution is 5.80. The van der Waals surface area contributed by atoms with Crippen LogP contribution in [-0.4, -0.2) is 57.3 Å². The van der Waals surface area contributed by atoms with Gasteiger partial charge in [-0.05, 0) is 38.5 Å². The standard InChI is InChI=1S/C69H137NO5/c1-3-5-7-9-11-13-15-17-19-21-23-25-27-28-29-30-31-32-33-34-35-36-37-38-39-41-43-45-47-49-51-53-55-57-59-61-63-67(73)69(75)70-65(64-71)68(74)66(72)62-60-58-56-54-52-50-48-46-44-42-40-26-24-22-20-18-16-14-12-10-8-6-4-2/h32-33,65-68,71-74H,3-31,34-64H2,1-2H3,(H,70,75)/b33-32-. The van der Waals surface area contributed by atoms with Gasteiger partial charge < -0.3 is 25.7 Å². The number of carbonyl (C=O) groups is 1. The first-order chi connectivity index (χ1) is 37.0. The van der Waals surface area contributed by atoms with Crippen LogP contribution in [0.25, 0.3) is 0 Å². The van der Waals surface area contributed by atoms with Crippen molar-refractivity contribution in [2.45, 2.75) is 417 Å². The van der Waals surface area contributed by atoms with E-state index in [1.54, 1.807) is 0 Å². The fourth-order valence-electron chi connectivity index (χ4n) is 11.3. The molecule has 0 rings (SSSR count). The molecule has 0 aliphatic heterocycles. The lowest BCUT2D eigenvalue weighted by Gasteiger charge is -2.27. The third-order valence-corrected chi connectivity index (χ3v) is 16.7. The Morgan fingerprint density at radius 2 is 0.533 bits per heavy atom. The predicted octanol–water partition coefficient (Wildman–Crippen LogP) is 21.2. The normalized spacial score (nSPS) is 13.5. The van der Waals surface area contributed by atoms with Gasteiger partial charge in [0.15, 0.2) is 0 Å². The molecule has 6 nitrogen and oxygen atoms in total. The molecule has 6 heteroatoms. The van der Waals surface area contributed by atoms with Gasteiger partial charge in [-0.15, -0.1) is 0 Å². The average molecular weight is 1060 g/mol. The first-order valence-electron chi connectivity index (χ1n) is 34.6. The van der Waals surface area contributed by atoms with Crippen LogP contribution in [0.3, 0.4) is 0 Å². The number of carbonyl (C=O) groups excluding carboxylic acids is 1. The fourth-order valence-corrected chi connectivity index (χ4v) is 11.3. The van der Waals surface area contributed by atoms with Crippen LogP contribution in [-0.2, 0) is 4.79 Å². The largest absolute Gasteiger partial charge is 0.394 e. The van der Waals surface area contributed by atoms with Crippen molar-refractivity contribution in [2.75, 3.05) is 6.61 Å². The third-order valence-electron chi connectivity index (χ3n) is 16.7. The van der Waals surface area contributed by atoms with E-state index in [1.807, 2.05) is 0 Å². The molecule has 0 aliphatic carbocycles. The SMILES string of the molecule is CCCCCCCCCCCCCCCCCC/C=C\CCCCCCCCCCCCCCCCCCC(O)C(=O)NC(CO)C(O)C(O)CCCCCCCCCCCCCCCCCCCCCCCCC. The summed E-state index contributed by atoms with van der Waals surface area (Å²) in [6.45, 7) is 4.11. The van der Waals surface area contributed by atoms with Crippen LogP contribution >= 0.6 is 0 Å². The van der Waals surface area contributed by atoms with Crippen LogP contribution in [0.4, 0.5) is 0 Å². The van der Waals surface area contributed by atoms with Crippen LogP contribution in [0.2, 0.25) is 0 Å². The summed E-state index contributed by atoms with van der Waals surface area (Å²) in [5.41, 5.74) is 0. The Bertz CT molecular complexity index is 1100. The molecule has 0 aliphatic rings. The van der Waals surface area contributed by atoms with Gasteiger partial charge in [0, 0.05) is 0 Å². The number of allylic oxidation sites excluding steroid dienone is 2. The topological polar surface area (TPSA) is 110 Å². The molecule has 0 spiro atoms. The van der Waals surface area contributed by atoms with Crippen molar-refractivity contribution >= 4 is 5.91 Å². The predicted molar refractivity (Wildman–Crippen MR) is 330 cm³/mol. The number of rotatable bonds is 65. The highest BCUT2D eigenvalue weighted by Gasteiger charge is 2.28. The lowest BCUT2D eigenvalue weighted by atomic mass is 9.99. The zero-order chi connectivity index (χ0) is 54.4. The van der Waals surface area contributed by atoms with Gasteiger partial charge in [-0.3, -0.25) is 4.79 Å². The van der Waals surface area contributed by atoms with E-state index < -0.39 is 36.9 Å². The summed E-state index contributed by atoms with van der Waals surface area (Å²) >= 11 is 0. The Balaban J connectivity index is 3.51. The molecule has 0 saturated heterocycles. The van der Waals surface area contributed by atoms with Crippen molar-refractivity contribution in [1.82, 2.24) is 5.32 Å². The zero-order valence-electron chi connectivity index (χ0n) is 51.1. The number of aliphatic hydroxyl groups is 4. The summed E-state index contributed by atoms with van der Waals surface area (Å²) in [5.74, 6) is -0.575. The Hall–Kier alpha value is -0.950. The molecule has 4 atom stereocenters. The van der Waals surface area contributed by atoms with E-state index in [-0.39, 0.29) is 0 Å². The highest BCUT2D eigenvalue weighted by atomic mass is 16.3. The van der Waals surface area contributed by atoms with Crippen LogP contribution in [0.1, 0.15) is 393 Å². The molecule has 448 valence electrons. The minimum atomic E-state index is -1.26. The number of unbranched alkanes of at least 4 members (excludes halogenated alkanes) is 54. The third kappa shape index (κ3) is 57.5. The first-order valence-corrected chi connectivity index (χ1v) is 34.6. The summed E-state index contributed by atoms with van der Waals surface area (Å²) in [5, 5.41) is 44.2. The van der Waals surface area contributed by atoms with E-state index in [9.17, 15) is 25.2 Å². The summed E-state index contributed by atoms with van der Waals surface area (Å²) < 4.78 is 0. The van der Waals surface area contributed by atoms with Gasteiger partial charge in [-0.2, -0.15) is 0 Å². The van der Waals surface area contributed by atoms with Crippen molar-refractivity contribution in [3.05, 3.63) is 12.2 Å². The van der Waals surface area contributed by atoms with E-state index in [0.717, 1.165) is 38.5 Å². The van der Waals surface area contributed by atoms with Crippen molar-refractivity contribution in [3.8, 4) is 0 Å². The van der Waals surface area contributed by atoms with Crippen LogP contribution in [0.5, 0.6) is 0 Å². The molecule has 1 amide bonds. The van der Waals surface area contributed by atoms with E-state index >= 15 is 0 Å². The molecular weight excluding hydrogens is 923 g/mol. The number of nitrogens with one attached hydrogen (secondary N) is 1. The number of aliphatic hydroxyl groups excluding tert-OH is 4. The Morgan fingerprint density at radius 1 is 0.320 bits per heavy atom. The van der Waals surface area contributed by atoms with E-state index in [1.165, 1.54) is 327 Å². The smallest absolute Gasteiger partial charge is 0.249 e. The quantitative estimate of drug-likeness (QED) is 0.0308. The summed E-state index contributed by atoms with van der Waals surface area (Å²) in [6.07, 6.45) is 79.1. The van der Waals surface area contributed by atoms with E-state index in [0.29, 0.717) is 12.8 Å². The maximum Gasteiger partial charge on any atom is 0.249 e. The van der Waals surface area contributed by atoms with E-state index in [2.05, 4.69) is 31.3 Å². The summed E-state index contributed by atoms with van der Waals surface area (Å²) in [7, 11) is 0. The molecule has 75 heavy (non-hydrogen) atoms. The maximum absolute atomic E-state index is 12.7. The van der Waals surface area contributed by atoms with Gasteiger partial charge in [-0.1, -0.05) is 366 Å². The molecule has 0 fully saturated rings. The van der Waals surface area contributed by atoms with Gasteiger partial charge in [0.1, 0.15) is 12.2 Å². The molecule has 5 N–H and O–H groups in total. The molecule has 4 unspecified atom stereocenters. The van der Waals surface area contributed by atoms with Crippen LogP contribution < -0.4 is 5.32 Å². The Labute approximate surface area is 470 Å². The minimum Gasteiger partial charge on any atom is -0.394 e. The number of hydrogen-bond acceptors (Lipinski definition) is 5. The molecule has 0 aromatic rings. The minimum absolute atomic E-state index is 0.374. The summed E-state index contributed by atoms with van der Waals surface area (Å²) in [6, 6.07) is -0.984. The Kier molecular flexibility index (Phi) is 63.1. The average Bonchev–Trinajstić information content (AvgIpc) is 3.42. The van der Waals surface area contributed by atoms with E-state index in [4.69, 9.17) is 0 Å². The van der Waals surface area contributed by atoms with Crippen molar-refractivity contribution in [2.24, 2.45) is 0 Å². The van der Waals surface area contributed by atoms with Gasteiger partial charge in [-0.25, -0.2) is 0 Å². The van der Waals surface area contributed by atoms with Crippen molar-refractivity contribution in [1.29, 1.82) is 0 Å². The molecule has 0 radical (unpaired) electrons. The van der Waals surface area contributed by atoms with Crippen LogP contribution in [0, 0.1) is 0 Å². The molecule has 0 aromatic heterocycles. The Morgan fingerprint density at radius 3 is 0.773 bits per heavy atom. The molecular formula is C69H137NO5. The first kappa shape index (κ1) is 74.0. The monoisotopic (exact) mass is 1060 g/mol. The van der Waals surface area contributed by atoms with Gasteiger partial charge in [0.05, 0.1) is 18.8 Å². The molecule has 0 bridgehead atoms. The second kappa shape index (κ2) is 63.9. The number of amides is 1. The van der Waals surface area contributed by atoms with Crippen LogP contribution in [0.15, 0.2) is 12.2 Å². The molecule has 0 heterocycles. The second-order valence-corrected chi connectivity index (χ2v) is 24.2. The highest BCUT2D eigenvalue weighted by Crippen LogP contribution is 2.20. The van der Waals surface area contributed by atoms with Crippen molar-refractivity contribution < 1.29 is 25.2 Å². The van der Waals surface area contributed by atoms with Crippen molar-refractivity contribution in [3.63, 3.8) is 0 Å². The van der Waals surface area contributed by atoms with Gasteiger partial charge in [0.25, 0.3) is 0 Å². The lowest BCUT2D eigenvalue weighted by molar-refractivity contribution is -0.132. The maximum atomic E-state index is 12.7. The molecule has 0 saturated carbocycles. The summed E-state index contributed by atoms with van der Waals surface area (Å²) in [4.78, 5) is 12.7. The van der Waals surface area contributed by atoms with Gasteiger partial charge in [0.2, 0.25) is 5.91 Å².